The number of hydrogen-bond acceptors (Lipinski definition) is 5. The fourth-order valence-corrected chi connectivity index (χ4v) is 5.49. The smallest absolute Gasteiger partial charge is 0.242 e. The second-order valence-electron chi connectivity index (χ2n) is 6.59. The van der Waals surface area contributed by atoms with Crippen molar-refractivity contribution in [3.63, 3.8) is 0 Å². The minimum absolute atomic E-state index is 0.268. The van der Waals surface area contributed by atoms with Gasteiger partial charge < -0.3 is 4.57 Å². The first-order valence-corrected chi connectivity index (χ1v) is 11.6. The van der Waals surface area contributed by atoms with Crippen LogP contribution in [0.25, 0.3) is 11.0 Å². The van der Waals surface area contributed by atoms with Crippen molar-refractivity contribution in [2.45, 2.75) is 31.5 Å². The first-order valence-electron chi connectivity index (χ1n) is 8.56. The Kier molecular flexibility index (Phi) is 6.07. The lowest BCUT2D eigenvalue weighted by Gasteiger charge is -2.16. The van der Waals surface area contributed by atoms with Crippen molar-refractivity contribution in [3.8, 4) is 0 Å². The van der Waals surface area contributed by atoms with Crippen LogP contribution in [0.1, 0.15) is 17.6 Å². The average Bonchev–Trinajstić information content (AvgIpc) is 3.16. The summed E-state index contributed by atoms with van der Waals surface area (Å²) >= 11 is 5.22. The fraction of sp³-hybridized carbons (Fsp3) is 0.389. The molecule has 0 aliphatic heterocycles. The van der Waals surface area contributed by atoms with Gasteiger partial charge in [-0.25, -0.2) is 17.7 Å². The topological polar surface area (TPSA) is 58.4 Å². The van der Waals surface area contributed by atoms with Crippen LogP contribution in [0.3, 0.4) is 0 Å². The lowest BCUT2D eigenvalue weighted by molar-refractivity contribution is 0.309. The first kappa shape index (κ1) is 20.5. The Hall–Kier alpha value is -1.26. The molecule has 2 heterocycles. The van der Waals surface area contributed by atoms with Crippen molar-refractivity contribution >= 4 is 48.3 Å². The number of sulfonamides is 1. The number of thiophene rings is 1. The third-order valence-electron chi connectivity index (χ3n) is 4.36. The number of hydrogen-bond donors (Lipinski definition) is 0. The predicted molar refractivity (Wildman–Crippen MR) is 113 cm³/mol. The summed E-state index contributed by atoms with van der Waals surface area (Å²) in [6.45, 7) is 4.38. The molecular formula is C18H23BrN4O2S2. The summed E-state index contributed by atoms with van der Waals surface area (Å²) < 4.78 is 29.3. The zero-order valence-electron chi connectivity index (χ0n) is 15.8. The van der Waals surface area contributed by atoms with E-state index in [1.54, 1.807) is 23.5 Å². The maximum Gasteiger partial charge on any atom is 0.242 e. The zero-order chi connectivity index (χ0) is 19.8. The maximum absolute atomic E-state index is 12.4. The van der Waals surface area contributed by atoms with Crippen molar-refractivity contribution in [2.24, 2.45) is 0 Å². The molecule has 1 aromatic carbocycles. The molecule has 0 unspecified atom stereocenters. The highest BCUT2D eigenvalue weighted by atomic mass is 79.9. The van der Waals surface area contributed by atoms with Crippen LogP contribution >= 0.6 is 27.3 Å². The van der Waals surface area contributed by atoms with Gasteiger partial charge in [0.15, 0.2) is 0 Å². The quantitative estimate of drug-likeness (QED) is 0.527. The SMILES string of the molecule is CCn1c(CN(C)Cc2ccc(Br)s2)nc2cc(S(=O)(=O)N(C)C)ccc21. The summed E-state index contributed by atoms with van der Waals surface area (Å²) in [6.07, 6.45) is 0. The van der Waals surface area contributed by atoms with Crippen LogP contribution in [-0.4, -0.2) is 48.3 Å². The molecule has 6 nitrogen and oxygen atoms in total. The Bertz CT molecular complexity index is 1060. The van der Waals surface area contributed by atoms with Gasteiger partial charge in [0.05, 0.1) is 26.3 Å². The van der Waals surface area contributed by atoms with Crippen molar-refractivity contribution in [1.29, 1.82) is 0 Å². The Balaban J connectivity index is 1.91. The van der Waals surface area contributed by atoms with E-state index in [1.807, 2.05) is 6.07 Å². The molecule has 0 radical (unpaired) electrons. The van der Waals surface area contributed by atoms with Crippen molar-refractivity contribution < 1.29 is 8.42 Å². The molecule has 0 saturated heterocycles. The van der Waals surface area contributed by atoms with Gasteiger partial charge in [0, 0.05) is 32.1 Å². The van der Waals surface area contributed by atoms with Crippen LogP contribution in [0.4, 0.5) is 0 Å². The highest BCUT2D eigenvalue weighted by Gasteiger charge is 2.20. The van der Waals surface area contributed by atoms with Gasteiger partial charge in [0.2, 0.25) is 10.0 Å². The number of imidazole rings is 1. The van der Waals surface area contributed by atoms with Gasteiger partial charge in [0.1, 0.15) is 5.82 Å². The minimum Gasteiger partial charge on any atom is -0.327 e. The number of fused-ring (bicyclic) bond motifs is 1. The third kappa shape index (κ3) is 4.27. The van der Waals surface area contributed by atoms with E-state index in [9.17, 15) is 8.42 Å². The summed E-state index contributed by atoms with van der Waals surface area (Å²) in [6, 6.07) is 9.34. The van der Waals surface area contributed by atoms with Crippen LogP contribution in [0.15, 0.2) is 39.0 Å². The maximum atomic E-state index is 12.4. The van der Waals surface area contributed by atoms with Gasteiger partial charge in [-0.15, -0.1) is 11.3 Å². The van der Waals surface area contributed by atoms with Crippen molar-refractivity contribution in [2.75, 3.05) is 21.1 Å². The molecule has 2 aromatic heterocycles. The fourth-order valence-electron chi connectivity index (χ4n) is 3.00. The second kappa shape index (κ2) is 8.00. The van der Waals surface area contributed by atoms with Gasteiger partial charge in [-0.2, -0.15) is 0 Å². The monoisotopic (exact) mass is 470 g/mol. The normalized spacial score (nSPS) is 12.6. The number of nitrogens with zero attached hydrogens (tertiary/aromatic N) is 4. The highest BCUT2D eigenvalue weighted by Crippen LogP contribution is 2.25. The van der Waals surface area contributed by atoms with Gasteiger partial charge in [0.25, 0.3) is 0 Å². The highest BCUT2D eigenvalue weighted by molar-refractivity contribution is 9.11. The zero-order valence-corrected chi connectivity index (χ0v) is 19.0. The molecule has 9 heteroatoms. The van der Waals surface area contributed by atoms with Gasteiger partial charge in [-0.05, 0) is 60.2 Å². The number of aromatic nitrogens is 2. The molecule has 146 valence electrons. The molecule has 0 spiro atoms. The summed E-state index contributed by atoms with van der Waals surface area (Å²) in [5.41, 5.74) is 1.67. The molecule has 0 atom stereocenters. The third-order valence-corrected chi connectivity index (χ3v) is 7.78. The predicted octanol–water partition coefficient (Wildman–Crippen LogP) is 3.76. The van der Waals surface area contributed by atoms with E-state index in [0.29, 0.717) is 12.1 Å². The Morgan fingerprint density at radius 3 is 2.48 bits per heavy atom. The summed E-state index contributed by atoms with van der Waals surface area (Å²) in [5, 5.41) is 0. The largest absolute Gasteiger partial charge is 0.327 e. The molecule has 0 saturated carbocycles. The van der Waals surface area contributed by atoms with Crippen molar-refractivity contribution in [3.05, 3.63) is 44.8 Å². The summed E-state index contributed by atoms with van der Waals surface area (Å²) in [7, 11) is 1.67. The Labute approximate surface area is 172 Å². The van der Waals surface area contributed by atoms with E-state index in [-0.39, 0.29) is 4.90 Å². The molecule has 0 aliphatic carbocycles. The van der Waals surface area contributed by atoms with Gasteiger partial charge in [-0.3, -0.25) is 4.90 Å². The van der Waals surface area contributed by atoms with E-state index < -0.39 is 10.0 Å². The van der Waals surface area contributed by atoms with Crippen LogP contribution in [0.5, 0.6) is 0 Å². The Morgan fingerprint density at radius 2 is 1.89 bits per heavy atom. The number of aryl methyl sites for hydroxylation is 1. The summed E-state index contributed by atoms with van der Waals surface area (Å²) in [5.74, 6) is 0.935. The molecule has 3 aromatic rings. The molecule has 0 aliphatic rings. The van der Waals surface area contributed by atoms with E-state index in [0.717, 1.165) is 28.2 Å². The van der Waals surface area contributed by atoms with E-state index >= 15 is 0 Å². The Morgan fingerprint density at radius 1 is 1.15 bits per heavy atom. The second-order valence-corrected chi connectivity index (χ2v) is 11.3. The molecule has 3 rings (SSSR count). The average molecular weight is 471 g/mol. The van der Waals surface area contributed by atoms with Crippen molar-refractivity contribution in [1.82, 2.24) is 18.8 Å². The minimum atomic E-state index is -3.47. The summed E-state index contributed by atoms with van der Waals surface area (Å²) in [4.78, 5) is 8.50. The van der Waals surface area contributed by atoms with E-state index in [2.05, 4.69) is 51.5 Å². The van der Waals surface area contributed by atoms with E-state index in [4.69, 9.17) is 4.98 Å². The van der Waals surface area contributed by atoms with Crippen LogP contribution in [0.2, 0.25) is 0 Å². The van der Waals surface area contributed by atoms with Crippen LogP contribution in [0, 0.1) is 0 Å². The molecule has 0 amide bonds. The molecule has 27 heavy (non-hydrogen) atoms. The number of benzene rings is 1. The molecular weight excluding hydrogens is 448 g/mol. The molecule has 0 N–H and O–H groups in total. The lowest BCUT2D eigenvalue weighted by atomic mass is 10.3. The lowest BCUT2D eigenvalue weighted by Crippen LogP contribution is -2.22. The van der Waals surface area contributed by atoms with Crippen LogP contribution < -0.4 is 0 Å². The number of halogens is 1. The van der Waals surface area contributed by atoms with Gasteiger partial charge >= 0.3 is 0 Å². The molecule has 0 bridgehead atoms. The van der Waals surface area contributed by atoms with E-state index in [1.165, 1.54) is 23.3 Å². The van der Waals surface area contributed by atoms with Gasteiger partial charge in [-0.1, -0.05) is 0 Å². The van der Waals surface area contributed by atoms with Crippen LogP contribution in [-0.2, 0) is 29.7 Å². The first-order chi connectivity index (χ1) is 12.7. The standard InChI is InChI=1S/C18H23BrN4O2S2/c1-5-23-16-8-7-14(27(24,25)21(2)3)10-15(16)20-18(23)12-22(4)11-13-6-9-17(19)26-13/h6-10H,5,11-12H2,1-4H3. The molecule has 0 fully saturated rings. The number of rotatable bonds is 7.